The van der Waals surface area contributed by atoms with Crippen LogP contribution in [0.3, 0.4) is 0 Å². The number of benzene rings is 1. The molecule has 3 rings (SSSR count). The van der Waals surface area contributed by atoms with E-state index in [1.165, 1.54) is 6.33 Å². The number of hydrogen-bond donors (Lipinski definition) is 1. The fourth-order valence-electron chi connectivity index (χ4n) is 2.11. The van der Waals surface area contributed by atoms with Gasteiger partial charge in [-0.05, 0) is 12.5 Å². The number of aromatic nitrogens is 4. The van der Waals surface area contributed by atoms with E-state index in [9.17, 15) is 4.21 Å². The predicted molar refractivity (Wildman–Crippen MR) is 85.9 cm³/mol. The molecule has 0 saturated carbocycles. The molecule has 2 atom stereocenters. The van der Waals surface area contributed by atoms with Crippen LogP contribution < -0.4 is 5.32 Å². The van der Waals surface area contributed by atoms with E-state index in [0.717, 1.165) is 5.56 Å². The Morgan fingerprint density at radius 1 is 1.14 bits per heavy atom. The number of rotatable bonds is 4. The van der Waals surface area contributed by atoms with Crippen LogP contribution in [0.25, 0.3) is 11.0 Å². The molecule has 112 valence electrons. The van der Waals surface area contributed by atoms with Gasteiger partial charge < -0.3 is 5.32 Å². The van der Waals surface area contributed by atoms with Crippen LogP contribution in [0.2, 0.25) is 0 Å². The molecule has 0 fully saturated rings. The molecule has 22 heavy (non-hydrogen) atoms. The van der Waals surface area contributed by atoms with Gasteiger partial charge >= 0.3 is 0 Å². The van der Waals surface area contributed by atoms with E-state index in [0.29, 0.717) is 16.9 Å². The van der Waals surface area contributed by atoms with Crippen LogP contribution in [0.1, 0.15) is 18.5 Å². The zero-order valence-corrected chi connectivity index (χ0v) is 13.0. The van der Waals surface area contributed by atoms with Crippen molar-refractivity contribution >= 4 is 27.7 Å². The first-order valence-corrected chi connectivity index (χ1v) is 8.33. The fourth-order valence-corrected chi connectivity index (χ4v) is 2.53. The van der Waals surface area contributed by atoms with Gasteiger partial charge in [0.2, 0.25) is 5.16 Å². The lowest BCUT2D eigenvalue weighted by atomic mass is 10.1. The molecule has 2 heterocycles. The number of anilines is 1. The summed E-state index contributed by atoms with van der Waals surface area (Å²) in [6.45, 7) is 2.04. The van der Waals surface area contributed by atoms with Gasteiger partial charge in [0.1, 0.15) is 17.4 Å². The van der Waals surface area contributed by atoms with Gasteiger partial charge in [0.15, 0.2) is 5.82 Å². The Labute approximate surface area is 130 Å². The molecule has 1 unspecified atom stereocenters. The topological polar surface area (TPSA) is 80.7 Å². The van der Waals surface area contributed by atoms with Crippen molar-refractivity contribution < 1.29 is 4.21 Å². The molecule has 0 aliphatic heterocycles. The van der Waals surface area contributed by atoms with Crippen molar-refractivity contribution in [1.82, 2.24) is 19.9 Å². The molecule has 0 bridgehead atoms. The Morgan fingerprint density at radius 3 is 2.64 bits per heavy atom. The molecular weight excluding hydrogens is 298 g/mol. The molecule has 7 heteroatoms. The van der Waals surface area contributed by atoms with Crippen LogP contribution in [-0.4, -0.2) is 30.4 Å². The molecule has 3 aromatic rings. The van der Waals surface area contributed by atoms with Crippen LogP contribution in [0.15, 0.2) is 48.0 Å². The van der Waals surface area contributed by atoms with E-state index in [1.54, 1.807) is 12.5 Å². The minimum absolute atomic E-state index is 0.0600. The minimum atomic E-state index is -1.25. The third-order valence-corrected chi connectivity index (χ3v) is 3.98. The highest BCUT2D eigenvalue weighted by Crippen LogP contribution is 2.22. The first kappa shape index (κ1) is 14.5. The summed E-state index contributed by atoms with van der Waals surface area (Å²) in [5.74, 6) is 0.607. The van der Waals surface area contributed by atoms with Gasteiger partial charge in [-0.1, -0.05) is 30.3 Å². The fraction of sp³-hybridized carbons (Fsp3) is 0.200. The average Bonchev–Trinajstić information content (AvgIpc) is 2.55. The standard InChI is InChI=1S/C15H15N5OS/c1-10(11-6-4-3-5-7-11)19-14-13-12(17-9-18-14)8-16-15(20-13)22(2)21/h3-10H,1-2H3,(H,17,18,19)/t10-,22?/m1/s1. The van der Waals surface area contributed by atoms with E-state index in [4.69, 9.17) is 0 Å². The quantitative estimate of drug-likeness (QED) is 0.745. The monoisotopic (exact) mass is 313 g/mol. The van der Waals surface area contributed by atoms with Crippen LogP contribution in [0.5, 0.6) is 0 Å². The third kappa shape index (κ3) is 2.94. The number of hydrogen-bond acceptors (Lipinski definition) is 6. The Morgan fingerprint density at radius 2 is 1.91 bits per heavy atom. The van der Waals surface area contributed by atoms with Gasteiger partial charge in [-0.15, -0.1) is 0 Å². The maximum atomic E-state index is 11.6. The van der Waals surface area contributed by atoms with Crippen molar-refractivity contribution in [3.8, 4) is 0 Å². The SMILES string of the molecule is C[C@@H](Nc1ncnc2cnc(S(C)=O)nc12)c1ccccc1. The van der Waals surface area contributed by atoms with E-state index in [1.807, 2.05) is 37.3 Å². The van der Waals surface area contributed by atoms with Crippen LogP contribution in [0, 0.1) is 0 Å². The molecule has 0 aliphatic rings. The van der Waals surface area contributed by atoms with Crippen molar-refractivity contribution in [3.63, 3.8) is 0 Å². The lowest BCUT2D eigenvalue weighted by Gasteiger charge is -2.15. The van der Waals surface area contributed by atoms with E-state index < -0.39 is 10.8 Å². The Balaban J connectivity index is 1.99. The molecule has 1 aromatic carbocycles. The molecule has 0 amide bonds. The zero-order valence-electron chi connectivity index (χ0n) is 12.2. The predicted octanol–water partition coefficient (Wildman–Crippen LogP) is 2.33. The second-order valence-corrected chi connectivity index (χ2v) is 6.11. The maximum absolute atomic E-state index is 11.6. The maximum Gasteiger partial charge on any atom is 0.218 e. The Hall–Kier alpha value is -2.41. The molecule has 0 spiro atoms. The summed E-state index contributed by atoms with van der Waals surface area (Å²) in [7, 11) is -1.25. The van der Waals surface area contributed by atoms with Crippen molar-refractivity contribution in [3.05, 3.63) is 48.4 Å². The van der Waals surface area contributed by atoms with E-state index in [-0.39, 0.29) is 11.2 Å². The summed E-state index contributed by atoms with van der Waals surface area (Å²) in [5, 5.41) is 3.60. The molecule has 0 saturated heterocycles. The van der Waals surface area contributed by atoms with Gasteiger partial charge in [-0.25, -0.2) is 19.9 Å². The highest BCUT2D eigenvalue weighted by atomic mass is 32.2. The normalized spacial score (nSPS) is 13.7. The molecule has 0 radical (unpaired) electrons. The summed E-state index contributed by atoms with van der Waals surface area (Å²) in [6, 6.07) is 10.1. The van der Waals surface area contributed by atoms with Gasteiger partial charge in [0.25, 0.3) is 0 Å². The lowest BCUT2D eigenvalue weighted by Crippen LogP contribution is -2.09. The lowest BCUT2D eigenvalue weighted by molar-refractivity contribution is 0.680. The van der Waals surface area contributed by atoms with Crippen LogP contribution >= 0.6 is 0 Å². The first-order valence-electron chi connectivity index (χ1n) is 6.78. The van der Waals surface area contributed by atoms with Crippen LogP contribution in [-0.2, 0) is 10.8 Å². The van der Waals surface area contributed by atoms with Crippen molar-refractivity contribution in [2.24, 2.45) is 0 Å². The number of nitrogens with one attached hydrogen (secondary N) is 1. The molecule has 2 aromatic heterocycles. The van der Waals surface area contributed by atoms with Gasteiger partial charge in [-0.3, -0.25) is 4.21 Å². The van der Waals surface area contributed by atoms with Crippen LogP contribution in [0.4, 0.5) is 5.82 Å². The van der Waals surface area contributed by atoms with Crippen molar-refractivity contribution in [1.29, 1.82) is 0 Å². The molecule has 6 nitrogen and oxygen atoms in total. The number of nitrogens with zero attached hydrogens (tertiary/aromatic N) is 4. The summed E-state index contributed by atoms with van der Waals surface area (Å²) in [6.07, 6.45) is 4.58. The average molecular weight is 313 g/mol. The smallest absolute Gasteiger partial charge is 0.218 e. The second-order valence-electron chi connectivity index (χ2n) is 4.84. The minimum Gasteiger partial charge on any atom is -0.362 e. The Bertz CT molecular complexity index is 825. The van der Waals surface area contributed by atoms with Crippen molar-refractivity contribution in [2.75, 3.05) is 11.6 Å². The second kappa shape index (κ2) is 6.15. The molecule has 1 N–H and O–H groups in total. The Kier molecular flexibility index (Phi) is 4.06. The van der Waals surface area contributed by atoms with E-state index >= 15 is 0 Å². The van der Waals surface area contributed by atoms with Gasteiger partial charge in [0.05, 0.1) is 23.0 Å². The zero-order chi connectivity index (χ0) is 15.5. The first-order chi connectivity index (χ1) is 10.6. The van der Waals surface area contributed by atoms with Gasteiger partial charge in [0, 0.05) is 6.26 Å². The van der Waals surface area contributed by atoms with Gasteiger partial charge in [-0.2, -0.15) is 0 Å². The van der Waals surface area contributed by atoms with E-state index in [2.05, 4.69) is 25.3 Å². The summed E-state index contributed by atoms with van der Waals surface area (Å²) in [4.78, 5) is 16.8. The largest absolute Gasteiger partial charge is 0.362 e. The summed E-state index contributed by atoms with van der Waals surface area (Å²) in [5.41, 5.74) is 2.33. The highest BCUT2D eigenvalue weighted by molar-refractivity contribution is 7.84. The molecule has 0 aliphatic carbocycles. The highest BCUT2D eigenvalue weighted by Gasteiger charge is 2.12. The summed E-state index contributed by atoms with van der Waals surface area (Å²) >= 11 is 0. The van der Waals surface area contributed by atoms with Crippen molar-refractivity contribution in [2.45, 2.75) is 18.1 Å². The third-order valence-electron chi connectivity index (χ3n) is 3.27. The summed E-state index contributed by atoms with van der Waals surface area (Å²) < 4.78 is 11.6. The number of fused-ring (bicyclic) bond motifs is 1. The molecular formula is C15H15N5OS.